The molecule has 5 nitrogen and oxygen atoms in total. The fourth-order valence-corrected chi connectivity index (χ4v) is 1.84. The lowest BCUT2D eigenvalue weighted by Gasteiger charge is -2.06. The van der Waals surface area contributed by atoms with Crippen LogP contribution in [0, 0.1) is 0 Å². The Morgan fingerprint density at radius 2 is 1.87 bits per heavy atom. The molecule has 118 valence electrons. The summed E-state index contributed by atoms with van der Waals surface area (Å²) in [5.41, 5.74) is 1.86. The number of aliphatic carboxylic acids is 1. The van der Waals surface area contributed by atoms with Crippen LogP contribution < -0.4 is 10.1 Å². The van der Waals surface area contributed by atoms with Gasteiger partial charge in [0.05, 0.1) is 0 Å². The van der Waals surface area contributed by atoms with Crippen LogP contribution in [0.1, 0.15) is 11.1 Å². The molecule has 2 aromatic carbocycles. The van der Waals surface area contributed by atoms with Crippen molar-refractivity contribution >= 4 is 18.0 Å². The van der Waals surface area contributed by atoms with E-state index in [1.54, 1.807) is 6.08 Å². The Bertz CT molecular complexity index is 695. The number of hydrogen-bond donors (Lipinski definition) is 2. The first kappa shape index (κ1) is 16.3. The zero-order chi connectivity index (χ0) is 16.5. The molecule has 2 N–H and O–H groups in total. The first-order valence-corrected chi connectivity index (χ1v) is 7.08. The summed E-state index contributed by atoms with van der Waals surface area (Å²) in [6.07, 6.45) is 2.89. The molecule has 5 heteroatoms. The molecule has 0 radical (unpaired) electrons. The summed E-state index contributed by atoms with van der Waals surface area (Å²) in [5.74, 6) is -0.840. The van der Waals surface area contributed by atoms with E-state index in [-0.39, 0.29) is 0 Å². The molecular formula is C18H17NO4. The number of carbonyl (C=O) groups is 2. The van der Waals surface area contributed by atoms with Crippen molar-refractivity contribution in [2.45, 2.75) is 6.61 Å². The standard InChI is InChI=1S/C18H17NO4/c20-17(19-12-18(21)22)10-9-14-7-4-8-16(11-14)23-13-15-5-2-1-3-6-15/h1-11H,12-13H2,(H,19,20)(H,21,22)/b10-9+. The first-order chi connectivity index (χ1) is 11.1. The topological polar surface area (TPSA) is 75.6 Å². The van der Waals surface area contributed by atoms with Crippen LogP contribution in [0.3, 0.4) is 0 Å². The number of carbonyl (C=O) groups excluding carboxylic acids is 1. The van der Waals surface area contributed by atoms with Gasteiger partial charge in [-0.15, -0.1) is 0 Å². The molecule has 0 spiro atoms. The highest BCUT2D eigenvalue weighted by Gasteiger charge is 2.00. The minimum absolute atomic E-state index is 0.399. The lowest BCUT2D eigenvalue weighted by Crippen LogP contribution is -2.27. The van der Waals surface area contributed by atoms with Crippen molar-refractivity contribution in [2.24, 2.45) is 0 Å². The molecule has 0 aromatic heterocycles. The van der Waals surface area contributed by atoms with Crippen LogP contribution in [0.25, 0.3) is 6.08 Å². The highest BCUT2D eigenvalue weighted by Crippen LogP contribution is 2.16. The van der Waals surface area contributed by atoms with Gasteiger partial charge in [0, 0.05) is 6.08 Å². The van der Waals surface area contributed by atoms with Gasteiger partial charge in [0.15, 0.2) is 0 Å². The zero-order valence-corrected chi connectivity index (χ0v) is 12.4. The van der Waals surface area contributed by atoms with Gasteiger partial charge in [0.2, 0.25) is 5.91 Å². The van der Waals surface area contributed by atoms with Crippen molar-refractivity contribution in [2.75, 3.05) is 6.54 Å². The molecule has 0 atom stereocenters. The van der Waals surface area contributed by atoms with Gasteiger partial charge in [-0.25, -0.2) is 0 Å². The second-order valence-corrected chi connectivity index (χ2v) is 4.79. The summed E-state index contributed by atoms with van der Waals surface area (Å²) in [6, 6.07) is 17.1. The van der Waals surface area contributed by atoms with Gasteiger partial charge in [-0.05, 0) is 29.3 Å². The monoisotopic (exact) mass is 311 g/mol. The predicted molar refractivity (Wildman–Crippen MR) is 86.9 cm³/mol. The molecule has 1 amide bonds. The van der Waals surface area contributed by atoms with E-state index in [2.05, 4.69) is 5.32 Å². The Labute approximate surface area is 134 Å². The van der Waals surface area contributed by atoms with Crippen molar-refractivity contribution in [3.63, 3.8) is 0 Å². The SMILES string of the molecule is O=C(O)CNC(=O)/C=C/c1cccc(OCc2ccccc2)c1. The molecule has 0 heterocycles. The fourth-order valence-electron chi connectivity index (χ4n) is 1.84. The molecule has 0 aliphatic heterocycles. The highest BCUT2D eigenvalue weighted by molar-refractivity contribution is 5.93. The van der Waals surface area contributed by atoms with E-state index >= 15 is 0 Å². The molecule has 23 heavy (non-hydrogen) atoms. The van der Waals surface area contributed by atoms with Crippen LogP contribution in [-0.2, 0) is 16.2 Å². The van der Waals surface area contributed by atoms with Crippen LogP contribution in [0.5, 0.6) is 5.75 Å². The number of ether oxygens (including phenoxy) is 1. The normalized spacial score (nSPS) is 10.4. The van der Waals surface area contributed by atoms with E-state index in [0.717, 1.165) is 11.1 Å². The highest BCUT2D eigenvalue weighted by atomic mass is 16.5. The lowest BCUT2D eigenvalue weighted by atomic mass is 10.2. The van der Waals surface area contributed by atoms with Gasteiger partial charge in [-0.2, -0.15) is 0 Å². The number of nitrogens with one attached hydrogen (secondary N) is 1. The molecule has 0 aliphatic rings. The predicted octanol–water partition coefficient (Wildman–Crippen LogP) is 2.48. The number of rotatable bonds is 7. The third-order valence-corrected chi connectivity index (χ3v) is 2.95. The smallest absolute Gasteiger partial charge is 0.322 e. The van der Waals surface area contributed by atoms with E-state index < -0.39 is 18.4 Å². The third-order valence-electron chi connectivity index (χ3n) is 2.95. The van der Waals surface area contributed by atoms with Crippen molar-refractivity contribution in [3.05, 3.63) is 71.8 Å². The molecule has 0 saturated carbocycles. The van der Waals surface area contributed by atoms with Crippen LogP contribution >= 0.6 is 0 Å². The van der Waals surface area contributed by atoms with E-state index in [4.69, 9.17) is 9.84 Å². The number of hydrogen-bond acceptors (Lipinski definition) is 3. The fraction of sp³-hybridized carbons (Fsp3) is 0.111. The summed E-state index contributed by atoms with van der Waals surface area (Å²) in [7, 11) is 0. The first-order valence-electron chi connectivity index (χ1n) is 7.08. The van der Waals surface area contributed by atoms with Gasteiger partial charge >= 0.3 is 5.97 Å². The number of carboxylic acid groups (broad SMARTS) is 1. The molecule has 2 rings (SSSR count). The van der Waals surface area contributed by atoms with Crippen molar-refractivity contribution in [3.8, 4) is 5.75 Å². The molecule has 0 bridgehead atoms. The maximum absolute atomic E-state index is 11.4. The van der Waals surface area contributed by atoms with E-state index in [1.807, 2.05) is 54.6 Å². The van der Waals surface area contributed by atoms with Gasteiger partial charge < -0.3 is 15.2 Å². The number of amides is 1. The Balaban J connectivity index is 1.91. The average Bonchev–Trinajstić information content (AvgIpc) is 2.57. The summed E-state index contributed by atoms with van der Waals surface area (Å²) >= 11 is 0. The number of carboxylic acids is 1. The quantitative estimate of drug-likeness (QED) is 0.770. The van der Waals surface area contributed by atoms with E-state index in [9.17, 15) is 9.59 Å². The van der Waals surface area contributed by atoms with E-state index in [0.29, 0.717) is 12.4 Å². The minimum atomic E-state index is -1.08. The summed E-state index contributed by atoms with van der Waals surface area (Å²) in [6.45, 7) is 0.0660. The minimum Gasteiger partial charge on any atom is -0.489 e. The van der Waals surface area contributed by atoms with Gasteiger partial charge in [0.25, 0.3) is 0 Å². The Kier molecular flexibility index (Phi) is 5.94. The van der Waals surface area contributed by atoms with Crippen molar-refractivity contribution in [1.29, 1.82) is 0 Å². The van der Waals surface area contributed by atoms with Crippen LogP contribution in [0.4, 0.5) is 0 Å². The number of benzene rings is 2. The summed E-state index contributed by atoms with van der Waals surface area (Å²) < 4.78 is 5.71. The maximum Gasteiger partial charge on any atom is 0.322 e. The largest absolute Gasteiger partial charge is 0.489 e. The van der Waals surface area contributed by atoms with Crippen LogP contribution in [0.15, 0.2) is 60.7 Å². The van der Waals surface area contributed by atoms with Crippen LogP contribution in [-0.4, -0.2) is 23.5 Å². The van der Waals surface area contributed by atoms with Crippen molar-refractivity contribution in [1.82, 2.24) is 5.32 Å². The van der Waals surface area contributed by atoms with E-state index in [1.165, 1.54) is 6.08 Å². The summed E-state index contributed by atoms with van der Waals surface area (Å²) in [5, 5.41) is 10.7. The molecule has 0 fully saturated rings. The third kappa shape index (κ3) is 6.05. The average molecular weight is 311 g/mol. The Morgan fingerprint density at radius 1 is 1.09 bits per heavy atom. The molecular weight excluding hydrogens is 294 g/mol. The molecule has 0 aliphatic carbocycles. The van der Waals surface area contributed by atoms with Crippen LogP contribution in [0.2, 0.25) is 0 Å². The lowest BCUT2D eigenvalue weighted by molar-refractivity contribution is -0.137. The summed E-state index contributed by atoms with van der Waals surface area (Å²) in [4.78, 5) is 21.8. The molecule has 0 saturated heterocycles. The molecule has 0 unspecified atom stereocenters. The Morgan fingerprint density at radius 3 is 2.61 bits per heavy atom. The van der Waals surface area contributed by atoms with Crippen molar-refractivity contribution < 1.29 is 19.4 Å². The second-order valence-electron chi connectivity index (χ2n) is 4.79. The van der Waals surface area contributed by atoms with Gasteiger partial charge in [0.1, 0.15) is 18.9 Å². The van der Waals surface area contributed by atoms with Gasteiger partial charge in [-0.3, -0.25) is 9.59 Å². The maximum atomic E-state index is 11.4. The zero-order valence-electron chi connectivity index (χ0n) is 12.4. The second kappa shape index (κ2) is 8.38. The molecule has 2 aromatic rings. The Hall–Kier alpha value is -3.08. The van der Waals surface area contributed by atoms with Gasteiger partial charge in [-0.1, -0.05) is 42.5 Å².